The molecule has 2 aliphatic rings. The van der Waals surface area contributed by atoms with Crippen LogP contribution in [0.5, 0.6) is 0 Å². The van der Waals surface area contributed by atoms with Gasteiger partial charge in [0.25, 0.3) is 0 Å². The van der Waals surface area contributed by atoms with Crippen LogP contribution in [0.15, 0.2) is 29.3 Å². The number of nitrogens with zero attached hydrogens (tertiary/aromatic N) is 1. The maximum Gasteiger partial charge on any atom is 0.191 e. The Hall–Kier alpha value is -1.26. The highest BCUT2D eigenvalue weighted by Gasteiger charge is 2.41. The summed E-state index contributed by atoms with van der Waals surface area (Å²) in [5.74, 6) is 0.883. The van der Waals surface area contributed by atoms with E-state index in [1.807, 2.05) is 18.2 Å². The average Bonchev–Trinajstić information content (AvgIpc) is 3.16. The largest absolute Gasteiger partial charge is 0.373 e. The van der Waals surface area contributed by atoms with Crippen molar-refractivity contribution in [2.75, 3.05) is 13.1 Å². The summed E-state index contributed by atoms with van der Waals surface area (Å²) in [6.07, 6.45) is 4.25. The lowest BCUT2D eigenvalue weighted by molar-refractivity contribution is 0.0992. The van der Waals surface area contributed by atoms with Gasteiger partial charge in [-0.3, -0.25) is 4.99 Å². The molecule has 0 amide bonds. The Labute approximate surface area is 150 Å². The van der Waals surface area contributed by atoms with Crippen molar-refractivity contribution >= 4 is 17.6 Å². The minimum absolute atomic E-state index is 0.0710. The van der Waals surface area contributed by atoms with Crippen LogP contribution in [0.1, 0.15) is 45.6 Å². The number of hydrogen-bond acceptors (Lipinski definition) is 2. The molecule has 4 nitrogen and oxygen atoms in total. The van der Waals surface area contributed by atoms with Gasteiger partial charge in [0.15, 0.2) is 5.96 Å². The van der Waals surface area contributed by atoms with Crippen molar-refractivity contribution in [3.63, 3.8) is 0 Å². The zero-order valence-electron chi connectivity index (χ0n) is 14.8. The topological polar surface area (TPSA) is 45.7 Å². The number of halogens is 1. The van der Waals surface area contributed by atoms with Crippen LogP contribution in [0.25, 0.3) is 0 Å². The Kier molecular flexibility index (Phi) is 5.36. The Morgan fingerprint density at radius 3 is 2.83 bits per heavy atom. The SMILES string of the molecule is CCNC(=NCC(C)(C)c1cccc(Cl)c1)NC1CC2CCC1O2. The highest BCUT2D eigenvalue weighted by molar-refractivity contribution is 6.30. The third-order valence-electron chi connectivity index (χ3n) is 5.01. The summed E-state index contributed by atoms with van der Waals surface area (Å²) >= 11 is 6.14. The lowest BCUT2D eigenvalue weighted by atomic mass is 9.85. The molecule has 2 N–H and O–H groups in total. The normalized spacial score (nSPS) is 26.7. The van der Waals surface area contributed by atoms with E-state index < -0.39 is 0 Å². The molecule has 132 valence electrons. The van der Waals surface area contributed by atoms with Crippen LogP contribution >= 0.6 is 11.6 Å². The molecule has 3 atom stereocenters. The van der Waals surface area contributed by atoms with Crippen LogP contribution in [0.3, 0.4) is 0 Å². The molecule has 0 spiro atoms. The van der Waals surface area contributed by atoms with Crippen molar-refractivity contribution in [1.29, 1.82) is 0 Å². The van der Waals surface area contributed by atoms with Gasteiger partial charge in [-0.1, -0.05) is 37.6 Å². The summed E-state index contributed by atoms with van der Waals surface area (Å²) in [6.45, 7) is 8.05. The third-order valence-corrected chi connectivity index (χ3v) is 5.25. The molecule has 2 saturated heterocycles. The quantitative estimate of drug-likeness (QED) is 0.631. The second-order valence-corrected chi connectivity index (χ2v) is 7.89. The molecule has 3 rings (SSSR count). The van der Waals surface area contributed by atoms with Gasteiger partial charge in [0.2, 0.25) is 0 Å². The summed E-state index contributed by atoms with van der Waals surface area (Å²) in [7, 11) is 0. The predicted molar refractivity (Wildman–Crippen MR) is 99.9 cm³/mol. The molecule has 24 heavy (non-hydrogen) atoms. The number of hydrogen-bond donors (Lipinski definition) is 2. The summed E-state index contributed by atoms with van der Waals surface area (Å²) < 4.78 is 5.93. The zero-order valence-corrected chi connectivity index (χ0v) is 15.6. The van der Waals surface area contributed by atoms with Gasteiger partial charge in [-0.05, 0) is 43.9 Å². The van der Waals surface area contributed by atoms with Gasteiger partial charge < -0.3 is 15.4 Å². The van der Waals surface area contributed by atoms with Crippen LogP contribution in [0, 0.1) is 0 Å². The average molecular weight is 350 g/mol. The van der Waals surface area contributed by atoms with Crippen molar-refractivity contribution in [2.24, 2.45) is 4.99 Å². The molecule has 5 heteroatoms. The minimum atomic E-state index is -0.0710. The molecule has 0 radical (unpaired) electrons. The van der Waals surface area contributed by atoms with Crippen LogP contribution < -0.4 is 10.6 Å². The van der Waals surface area contributed by atoms with E-state index in [4.69, 9.17) is 21.3 Å². The van der Waals surface area contributed by atoms with Crippen molar-refractivity contribution in [3.8, 4) is 0 Å². The molecule has 1 aromatic rings. The van der Waals surface area contributed by atoms with Gasteiger partial charge in [-0.2, -0.15) is 0 Å². The predicted octanol–water partition coefficient (Wildman–Crippen LogP) is 3.49. The lowest BCUT2D eigenvalue weighted by Gasteiger charge is -2.26. The Balaban J connectivity index is 1.66. The first-order chi connectivity index (χ1) is 11.5. The van der Waals surface area contributed by atoms with Gasteiger partial charge in [0.1, 0.15) is 0 Å². The monoisotopic (exact) mass is 349 g/mol. The van der Waals surface area contributed by atoms with E-state index in [0.717, 1.165) is 30.4 Å². The standard InChI is InChI=1S/C19H28ClN3O/c1-4-21-18(23-16-11-15-8-9-17(16)24-15)22-12-19(2,3)13-6-5-7-14(20)10-13/h5-7,10,15-17H,4,8-9,11-12H2,1-3H3,(H2,21,22,23). The maximum absolute atomic E-state index is 6.14. The van der Waals surface area contributed by atoms with E-state index in [-0.39, 0.29) is 5.41 Å². The van der Waals surface area contributed by atoms with Crippen molar-refractivity contribution in [1.82, 2.24) is 10.6 Å². The summed E-state index contributed by atoms with van der Waals surface area (Å²) in [4.78, 5) is 4.83. The number of fused-ring (bicyclic) bond motifs is 2. The first kappa shape index (κ1) is 17.6. The fourth-order valence-electron chi connectivity index (χ4n) is 3.56. The number of rotatable bonds is 5. The first-order valence-electron chi connectivity index (χ1n) is 8.94. The Morgan fingerprint density at radius 1 is 1.38 bits per heavy atom. The highest BCUT2D eigenvalue weighted by Crippen LogP contribution is 2.34. The molecular weight excluding hydrogens is 322 g/mol. The minimum Gasteiger partial charge on any atom is -0.373 e. The Bertz CT molecular complexity index is 602. The molecule has 2 aliphatic heterocycles. The van der Waals surface area contributed by atoms with E-state index in [1.54, 1.807) is 0 Å². The van der Waals surface area contributed by atoms with Crippen LogP contribution in [0.4, 0.5) is 0 Å². The number of aliphatic imine (C=N–C) groups is 1. The Morgan fingerprint density at radius 2 is 2.21 bits per heavy atom. The van der Waals surface area contributed by atoms with E-state index >= 15 is 0 Å². The summed E-state index contributed by atoms with van der Waals surface area (Å²) in [5, 5.41) is 7.71. The van der Waals surface area contributed by atoms with Gasteiger partial charge >= 0.3 is 0 Å². The van der Waals surface area contributed by atoms with E-state index in [0.29, 0.717) is 24.8 Å². The van der Waals surface area contributed by atoms with Crippen LogP contribution in [-0.2, 0) is 10.2 Å². The van der Waals surface area contributed by atoms with Crippen molar-refractivity contribution in [2.45, 2.75) is 63.7 Å². The maximum atomic E-state index is 6.14. The first-order valence-corrected chi connectivity index (χ1v) is 9.32. The van der Waals surface area contributed by atoms with Crippen LogP contribution in [0.2, 0.25) is 5.02 Å². The molecule has 2 fully saturated rings. The van der Waals surface area contributed by atoms with Crippen molar-refractivity contribution in [3.05, 3.63) is 34.9 Å². The summed E-state index contributed by atoms with van der Waals surface area (Å²) in [6, 6.07) is 8.44. The highest BCUT2D eigenvalue weighted by atomic mass is 35.5. The molecule has 2 bridgehead atoms. The lowest BCUT2D eigenvalue weighted by Crippen LogP contribution is -2.47. The number of ether oxygens (including phenoxy) is 1. The van der Waals surface area contributed by atoms with Crippen molar-refractivity contribution < 1.29 is 4.74 Å². The second-order valence-electron chi connectivity index (χ2n) is 7.45. The van der Waals surface area contributed by atoms with Gasteiger partial charge in [-0.15, -0.1) is 0 Å². The molecule has 0 saturated carbocycles. The number of nitrogens with one attached hydrogen (secondary N) is 2. The molecular formula is C19H28ClN3O. The van der Waals surface area contributed by atoms with E-state index in [2.05, 4.69) is 37.5 Å². The van der Waals surface area contributed by atoms with Gasteiger partial charge in [-0.25, -0.2) is 0 Å². The fourth-order valence-corrected chi connectivity index (χ4v) is 3.75. The van der Waals surface area contributed by atoms with Gasteiger partial charge in [0, 0.05) is 17.0 Å². The van der Waals surface area contributed by atoms with Crippen LogP contribution in [-0.4, -0.2) is 37.3 Å². The molecule has 3 unspecified atom stereocenters. The number of benzene rings is 1. The molecule has 2 heterocycles. The molecule has 1 aromatic carbocycles. The summed E-state index contributed by atoms with van der Waals surface area (Å²) in [5.41, 5.74) is 1.14. The zero-order chi connectivity index (χ0) is 17.2. The van der Waals surface area contributed by atoms with E-state index in [9.17, 15) is 0 Å². The smallest absolute Gasteiger partial charge is 0.191 e. The number of guanidine groups is 1. The fraction of sp³-hybridized carbons (Fsp3) is 0.632. The molecule has 0 aliphatic carbocycles. The van der Waals surface area contributed by atoms with Gasteiger partial charge in [0.05, 0.1) is 24.8 Å². The second kappa shape index (κ2) is 7.32. The van der Waals surface area contributed by atoms with E-state index in [1.165, 1.54) is 12.0 Å². The molecule has 0 aromatic heterocycles. The third kappa shape index (κ3) is 4.04.